The van der Waals surface area contributed by atoms with Crippen LogP contribution in [-0.2, 0) is 0 Å². The van der Waals surface area contributed by atoms with Crippen LogP contribution in [0, 0.1) is 0 Å². The van der Waals surface area contributed by atoms with E-state index in [1.165, 1.54) is 0 Å². The zero-order valence-electron chi connectivity index (χ0n) is 4.83. The maximum absolute atomic E-state index is 10.9. The second-order valence-corrected chi connectivity index (χ2v) is 4.70. The van der Waals surface area contributed by atoms with Crippen molar-refractivity contribution >= 4 is 63.7 Å². The fraction of sp³-hybridized carbons (Fsp3) is 0. The number of halogens is 4. The fourth-order valence-electron chi connectivity index (χ4n) is 0.443. The van der Waals surface area contributed by atoms with Gasteiger partial charge in [-0.2, -0.15) is 0 Å². The lowest BCUT2D eigenvalue weighted by molar-refractivity contribution is 0.476. The summed E-state index contributed by atoms with van der Waals surface area (Å²) < 4.78 is 6.81. The van der Waals surface area contributed by atoms with Crippen molar-refractivity contribution in [2.75, 3.05) is 0 Å². The number of hydrogen-bond acceptors (Lipinski definition) is 2. The lowest BCUT2D eigenvalue weighted by atomic mass is 10.5. The predicted octanol–water partition coefficient (Wildman–Crippen LogP) is 3.69. The Kier molecular flexibility index (Phi) is 3.37. The quantitative estimate of drug-likeness (QED) is 0.652. The van der Waals surface area contributed by atoms with E-state index in [0.29, 0.717) is 18.1 Å². The van der Waals surface area contributed by atoms with E-state index >= 15 is 0 Å². The zero-order valence-corrected chi connectivity index (χ0v) is 11.2. The third kappa shape index (κ3) is 1.96. The van der Waals surface area contributed by atoms with Crippen molar-refractivity contribution in [3.63, 3.8) is 0 Å². The van der Waals surface area contributed by atoms with E-state index in [1.54, 1.807) is 0 Å². The molecule has 0 saturated carbocycles. The summed E-state index contributed by atoms with van der Waals surface area (Å²) in [6, 6.07) is 0. The van der Waals surface area contributed by atoms with Crippen molar-refractivity contribution in [3.05, 3.63) is 28.5 Å². The van der Waals surface area contributed by atoms with Crippen molar-refractivity contribution < 1.29 is 4.42 Å². The lowest BCUT2D eigenvalue weighted by Crippen LogP contribution is -2.00. The van der Waals surface area contributed by atoms with Gasteiger partial charge in [0.05, 0.1) is 8.95 Å². The predicted molar refractivity (Wildman–Crippen MR) is 55.8 cm³/mol. The van der Waals surface area contributed by atoms with Gasteiger partial charge in [-0.15, -0.1) is 0 Å². The van der Waals surface area contributed by atoms with Crippen LogP contribution in [-0.4, -0.2) is 0 Å². The summed E-state index contributed by atoms with van der Waals surface area (Å²) >= 11 is 12.5. The van der Waals surface area contributed by atoms with Crippen molar-refractivity contribution in [1.29, 1.82) is 0 Å². The lowest BCUT2D eigenvalue weighted by Gasteiger charge is -1.98. The summed E-state index contributed by atoms with van der Waals surface area (Å²) in [6.07, 6.45) is 0. The van der Waals surface area contributed by atoms with Gasteiger partial charge in [-0.3, -0.25) is 0 Å². The molecule has 1 aromatic heterocycles. The van der Waals surface area contributed by atoms with Crippen LogP contribution in [0.4, 0.5) is 0 Å². The molecule has 0 atom stereocenters. The van der Waals surface area contributed by atoms with Crippen molar-refractivity contribution in [2.24, 2.45) is 0 Å². The van der Waals surface area contributed by atoms with Gasteiger partial charge in [0, 0.05) is 0 Å². The van der Waals surface area contributed by atoms with Crippen LogP contribution in [0.25, 0.3) is 0 Å². The molecule has 0 bridgehead atoms. The molecule has 0 aliphatic rings. The normalized spacial score (nSPS) is 10.2. The third-order valence-electron chi connectivity index (χ3n) is 0.919. The minimum Gasteiger partial charge on any atom is -0.414 e. The van der Waals surface area contributed by atoms with Crippen LogP contribution in [0.3, 0.4) is 0 Å². The van der Waals surface area contributed by atoms with Crippen LogP contribution >= 0.6 is 63.7 Å². The Balaban J connectivity index is 3.59. The van der Waals surface area contributed by atoms with Crippen LogP contribution in [0.1, 0.15) is 0 Å². The Morgan fingerprint density at radius 3 is 2.00 bits per heavy atom. The summed E-state index contributed by atoms with van der Waals surface area (Å²) in [5, 5.41) is 0. The molecule has 0 aromatic carbocycles. The van der Waals surface area contributed by atoms with Gasteiger partial charge in [-0.05, 0) is 63.7 Å². The monoisotopic (exact) mass is 408 g/mol. The fourth-order valence-corrected chi connectivity index (χ4v) is 2.22. The summed E-state index contributed by atoms with van der Waals surface area (Å²) in [5.41, 5.74) is -0.424. The van der Waals surface area contributed by atoms with Crippen LogP contribution in [0.5, 0.6) is 0 Å². The first-order chi connectivity index (χ1) is 5.04. The van der Waals surface area contributed by atoms with Gasteiger partial charge in [0.1, 0.15) is 4.47 Å². The third-order valence-corrected chi connectivity index (χ3v) is 5.34. The molecule has 0 unspecified atom stereocenters. The molecule has 0 amide bonds. The molecule has 60 valence electrons. The molecule has 1 rings (SSSR count). The first kappa shape index (κ1) is 9.95. The molecule has 2 nitrogen and oxygen atoms in total. The Hall–Kier alpha value is 0.870. The Morgan fingerprint density at radius 2 is 1.45 bits per heavy atom. The molecule has 0 N–H and O–H groups in total. The molecule has 0 aliphatic carbocycles. The molecule has 0 fully saturated rings. The SMILES string of the molecule is O=c1oc(Br)c(Br)c(Br)c1Br. The van der Waals surface area contributed by atoms with Gasteiger partial charge in [0.2, 0.25) is 0 Å². The standard InChI is InChI=1S/C5Br4O2/c6-1-2(7)4(9)11-5(10)3(1)8. The topological polar surface area (TPSA) is 30.2 Å². The van der Waals surface area contributed by atoms with E-state index < -0.39 is 5.63 Å². The number of hydrogen-bond donors (Lipinski definition) is 0. The van der Waals surface area contributed by atoms with Gasteiger partial charge in [-0.25, -0.2) is 4.79 Å². The summed E-state index contributed by atoms with van der Waals surface area (Å²) in [7, 11) is 0. The van der Waals surface area contributed by atoms with Crippen molar-refractivity contribution in [2.45, 2.75) is 0 Å². The highest BCUT2D eigenvalue weighted by Crippen LogP contribution is 2.33. The molecule has 1 aromatic rings. The Labute approximate surface area is 95.9 Å². The van der Waals surface area contributed by atoms with Crippen molar-refractivity contribution in [1.82, 2.24) is 0 Å². The number of rotatable bonds is 0. The summed E-state index contributed by atoms with van der Waals surface area (Å²) in [5.74, 6) is 0. The van der Waals surface area contributed by atoms with E-state index in [1.807, 2.05) is 0 Å². The minimum absolute atomic E-state index is 0.368. The maximum Gasteiger partial charge on any atom is 0.352 e. The molecule has 0 radical (unpaired) electrons. The van der Waals surface area contributed by atoms with E-state index in [2.05, 4.69) is 63.7 Å². The molecule has 6 heteroatoms. The Morgan fingerprint density at radius 1 is 0.909 bits per heavy atom. The first-order valence-corrected chi connectivity index (χ1v) is 5.54. The highest BCUT2D eigenvalue weighted by Gasteiger charge is 2.11. The zero-order chi connectivity index (χ0) is 8.59. The molecule has 1 heterocycles. The van der Waals surface area contributed by atoms with Gasteiger partial charge in [-0.1, -0.05) is 0 Å². The van der Waals surface area contributed by atoms with E-state index in [9.17, 15) is 4.79 Å². The summed E-state index contributed by atoms with van der Waals surface area (Å²) in [4.78, 5) is 10.9. The average Bonchev–Trinajstić information content (AvgIpc) is 1.97. The molecular weight excluding hydrogens is 412 g/mol. The van der Waals surface area contributed by atoms with Gasteiger partial charge >= 0.3 is 5.63 Å². The van der Waals surface area contributed by atoms with Crippen LogP contribution in [0.2, 0.25) is 0 Å². The highest BCUT2D eigenvalue weighted by molar-refractivity contribution is 9.15. The van der Waals surface area contributed by atoms with Gasteiger partial charge in [0.25, 0.3) is 0 Å². The highest BCUT2D eigenvalue weighted by atomic mass is 79.9. The maximum atomic E-state index is 10.9. The summed E-state index contributed by atoms with van der Waals surface area (Å²) in [6.45, 7) is 0. The van der Waals surface area contributed by atoms with E-state index in [0.717, 1.165) is 0 Å². The molecule has 0 aliphatic heterocycles. The van der Waals surface area contributed by atoms with Gasteiger partial charge < -0.3 is 4.42 Å². The second-order valence-electron chi connectivity index (χ2n) is 1.61. The largest absolute Gasteiger partial charge is 0.414 e. The average molecular weight is 412 g/mol. The van der Waals surface area contributed by atoms with Crippen LogP contribution in [0.15, 0.2) is 27.3 Å². The molecular formula is C5Br4O2. The van der Waals surface area contributed by atoms with Crippen molar-refractivity contribution in [3.8, 4) is 0 Å². The Bertz CT molecular complexity index is 343. The minimum atomic E-state index is -0.424. The molecule has 0 spiro atoms. The second kappa shape index (κ2) is 3.72. The van der Waals surface area contributed by atoms with E-state index in [4.69, 9.17) is 4.42 Å². The van der Waals surface area contributed by atoms with Crippen LogP contribution < -0.4 is 5.63 Å². The van der Waals surface area contributed by atoms with Gasteiger partial charge in [0.15, 0.2) is 4.67 Å². The smallest absolute Gasteiger partial charge is 0.352 e. The van der Waals surface area contributed by atoms with E-state index in [-0.39, 0.29) is 0 Å². The molecule has 11 heavy (non-hydrogen) atoms. The first-order valence-electron chi connectivity index (χ1n) is 2.37. The molecule has 0 saturated heterocycles.